The zero-order valence-electron chi connectivity index (χ0n) is 22.2. The Labute approximate surface area is 221 Å². The highest BCUT2D eigenvalue weighted by Crippen LogP contribution is 2.39. The summed E-state index contributed by atoms with van der Waals surface area (Å²) in [7, 11) is 0. The molecule has 4 nitrogen and oxygen atoms in total. The molecule has 0 aliphatic carbocycles. The lowest BCUT2D eigenvalue weighted by Gasteiger charge is -2.33. The Kier molecular flexibility index (Phi) is 11.7. The quantitative estimate of drug-likeness (QED) is 0.210. The minimum absolute atomic E-state index is 0.375. The standard InChI is InChI=1S/C31H44N2O2S/c1-3-5-7-8-9-10-11-12-14-16-25-18-20-26(21-19-25)31(32-22-15-23-33-31)28-24-27(17-13-6-4-2)36-29(28)30(34)35/h15,18-24,32H,3-14,16-17H2,1-2H3,(H,34,35). The molecule has 2 aromatic rings. The molecule has 1 aliphatic heterocycles. The van der Waals surface area contributed by atoms with Gasteiger partial charge in [0, 0.05) is 28.4 Å². The number of allylic oxidation sites excluding steroid dienone is 1. The van der Waals surface area contributed by atoms with Crippen LogP contribution < -0.4 is 5.32 Å². The number of unbranched alkanes of at least 4 members (excludes halogenated alkanes) is 10. The zero-order valence-corrected chi connectivity index (χ0v) is 23.0. The maximum atomic E-state index is 12.2. The number of aryl methyl sites for hydroxylation is 2. The first-order valence-electron chi connectivity index (χ1n) is 14.0. The fourth-order valence-corrected chi connectivity index (χ4v) is 6.05. The lowest BCUT2D eigenvalue weighted by Crippen LogP contribution is -2.41. The van der Waals surface area contributed by atoms with E-state index in [1.54, 1.807) is 6.21 Å². The lowest BCUT2D eigenvalue weighted by molar-refractivity contribution is 0.0699. The van der Waals surface area contributed by atoms with E-state index in [0.29, 0.717) is 4.88 Å². The topological polar surface area (TPSA) is 61.7 Å². The smallest absolute Gasteiger partial charge is 0.346 e. The molecule has 0 saturated heterocycles. The van der Waals surface area contributed by atoms with Gasteiger partial charge in [-0.3, -0.25) is 4.99 Å². The fourth-order valence-electron chi connectivity index (χ4n) is 4.96. The zero-order chi connectivity index (χ0) is 25.6. The van der Waals surface area contributed by atoms with Gasteiger partial charge in [-0.05, 0) is 43.4 Å². The van der Waals surface area contributed by atoms with Gasteiger partial charge >= 0.3 is 5.97 Å². The Morgan fingerprint density at radius 2 is 1.50 bits per heavy atom. The summed E-state index contributed by atoms with van der Waals surface area (Å²) in [5.74, 6) is -0.885. The van der Waals surface area contributed by atoms with E-state index in [1.165, 1.54) is 74.7 Å². The van der Waals surface area contributed by atoms with Crippen LogP contribution in [-0.4, -0.2) is 17.3 Å². The van der Waals surface area contributed by atoms with E-state index in [2.05, 4.69) is 49.5 Å². The third-order valence-corrected chi connectivity index (χ3v) is 8.26. The molecule has 1 unspecified atom stereocenters. The molecular weight excluding hydrogens is 464 g/mol. The summed E-state index contributed by atoms with van der Waals surface area (Å²) in [6.45, 7) is 4.45. The average molecular weight is 509 g/mol. The van der Waals surface area contributed by atoms with Gasteiger partial charge in [0.15, 0.2) is 5.66 Å². The number of benzene rings is 1. The van der Waals surface area contributed by atoms with E-state index >= 15 is 0 Å². The molecule has 196 valence electrons. The Morgan fingerprint density at radius 3 is 2.11 bits per heavy atom. The summed E-state index contributed by atoms with van der Waals surface area (Å²) in [6.07, 6.45) is 22.9. The number of aromatic carboxylic acids is 1. The van der Waals surface area contributed by atoms with Crippen LogP contribution in [0, 0.1) is 0 Å². The number of nitrogens with one attached hydrogen (secondary N) is 1. The molecule has 0 bridgehead atoms. The van der Waals surface area contributed by atoms with Gasteiger partial charge in [-0.25, -0.2) is 4.79 Å². The molecule has 0 radical (unpaired) electrons. The second kappa shape index (κ2) is 15.0. The summed E-state index contributed by atoms with van der Waals surface area (Å²) in [4.78, 5) is 18.5. The Bertz CT molecular complexity index is 993. The maximum Gasteiger partial charge on any atom is 0.346 e. The fraction of sp³-hybridized carbons (Fsp3) is 0.548. The predicted molar refractivity (Wildman–Crippen MR) is 153 cm³/mol. The molecule has 0 amide bonds. The van der Waals surface area contributed by atoms with Crippen molar-refractivity contribution in [3.8, 4) is 0 Å². The van der Waals surface area contributed by atoms with Crippen molar-refractivity contribution in [3.05, 3.63) is 69.1 Å². The van der Waals surface area contributed by atoms with Gasteiger partial charge in [0.25, 0.3) is 0 Å². The van der Waals surface area contributed by atoms with Crippen molar-refractivity contribution in [2.75, 3.05) is 0 Å². The maximum absolute atomic E-state index is 12.2. The number of nitrogens with zero attached hydrogens (tertiary/aromatic N) is 1. The van der Waals surface area contributed by atoms with E-state index < -0.39 is 11.6 Å². The molecule has 2 N–H and O–H groups in total. The number of carboxylic acids is 1. The van der Waals surface area contributed by atoms with E-state index in [-0.39, 0.29) is 0 Å². The molecule has 5 heteroatoms. The summed E-state index contributed by atoms with van der Waals surface area (Å²) in [5.41, 5.74) is 2.13. The molecule has 36 heavy (non-hydrogen) atoms. The van der Waals surface area contributed by atoms with Gasteiger partial charge in [-0.1, -0.05) is 102 Å². The monoisotopic (exact) mass is 508 g/mol. The number of aliphatic imine (C=N–C) groups is 1. The van der Waals surface area contributed by atoms with Crippen molar-refractivity contribution in [1.82, 2.24) is 5.32 Å². The number of carbonyl (C=O) groups is 1. The molecule has 3 rings (SSSR count). The largest absolute Gasteiger partial charge is 0.477 e. The molecule has 1 aliphatic rings. The first kappa shape index (κ1) is 28.2. The van der Waals surface area contributed by atoms with Crippen LogP contribution in [0.1, 0.15) is 122 Å². The number of thiophene rings is 1. The molecule has 1 atom stereocenters. The summed E-state index contributed by atoms with van der Waals surface area (Å²) in [5, 5.41) is 13.4. The minimum Gasteiger partial charge on any atom is -0.477 e. The lowest BCUT2D eigenvalue weighted by atomic mass is 9.89. The molecule has 2 heterocycles. The molecule has 1 aromatic heterocycles. The highest BCUT2D eigenvalue weighted by molar-refractivity contribution is 7.14. The first-order valence-corrected chi connectivity index (χ1v) is 14.9. The number of hydrogen-bond donors (Lipinski definition) is 2. The van der Waals surface area contributed by atoms with E-state index in [9.17, 15) is 9.90 Å². The summed E-state index contributed by atoms with van der Waals surface area (Å²) < 4.78 is 0. The minimum atomic E-state index is -0.904. The number of rotatable bonds is 17. The number of hydrogen-bond acceptors (Lipinski definition) is 4. The molecular formula is C31H44N2O2S. The van der Waals surface area contributed by atoms with Crippen molar-refractivity contribution in [2.24, 2.45) is 4.99 Å². The van der Waals surface area contributed by atoms with Gasteiger partial charge in [-0.15, -0.1) is 11.3 Å². The van der Waals surface area contributed by atoms with E-state index in [1.807, 2.05) is 12.3 Å². The second-order valence-electron chi connectivity index (χ2n) is 9.99. The van der Waals surface area contributed by atoms with Crippen LogP contribution in [0.3, 0.4) is 0 Å². The van der Waals surface area contributed by atoms with Crippen LogP contribution in [0.25, 0.3) is 0 Å². The predicted octanol–water partition coefficient (Wildman–Crippen LogP) is 8.64. The SMILES string of the molecule is CCCCCCCCCCCc1ccc(C2(c3cc(CCCCC)sc3C(=O)O)N=CC=CN2)cc1. The third kappa shape index (κ3) is 7.80. The Hall–Kier alpha value is -2.40. The van der Waals surface area contributed by atoms with Gasteiger partial charge in [-0.2, -0.15) is 0 Å². The highest BCUT2D eigenvalue weighted by atomic mass is 32.1. The van der Waals surface area contributed by atoms with Crippen molar-refractivity contribution in [2.45, 2.75) is 109 Å². The van der Waals surface area contributed by atoms with Crippen molar-refractivity contribution < 1.29 is 9.90 Å². The summed E-state index contributed by atoms with van der Waals surface area (Å²) in [6, 6.07) is 10.7. The average Bonchev–Trinajstić information content (AvgIpc) is 3.34. The molecule has 0 fully saturated rings. The van der Waals surface area contributed by atoms with Crippen molar-refractivity contribution >= 4 is 23.5 Å². The number of carboxylic acid groups (broad SMARTS) is 1. The second-order valence-corrected chi connectivity index (χ2v) is 11.1. The van der Waals surface area contributed by atoms with Crippen LogP contribution in [0.5, 0.6) is 0 Å². The Morgan fingerprint density at radius 1 is 0.889 bits per heavy atom. The van der Waals surface area contributed by atoms with Crippen LogP contribution in [0.15, 0.2) is 47.6 Å². The van der Waals surface area contributed by atoms with Gasteiger partial charge in [0.05, 0.1) is 0 Å². The van der Waals surface area contributed by atoms with Crippen LogP contribution in [-0.2, 0) is 18.5 Å². The van der Waals surface area contributed by atoms with Crippen LogP contribution in [0.4, 0.5) is 0 Å². The van der Waals surface area contributed by atoms with Gasteiger partial charge in [0.2, 0.25) is 0 Å². The first-order chi connectivity index (χ1) is 17.6. The third-order valence-electron chi connectivity index (χ3n) is 7.08. The highest BCUT2D eigenvalue weighted by Gasteiger charge is 2.38. The molecule has 1 aromatic carbocycles. The van der Waals surface area contributed by atoms with E-state index in [4.69, 9.17) is 4.99 Å². The van der Waals surface area contributed by atoms with Crippen LogP contribution >= 0.6 is 11.3 Å². The normalized spacial score (nSPS) is 16.8. The molecule has 0 spiro atoms. The Balaban J connectivity index is 1.66. The molecule has 0 saturated carbocycles. The van der Waals surface area contributed by atoms with Crippen molar-refractivity contribution in [1.29, 1.82) is 0 Å². The van der Waals surface area contributed by atoms with Crippen LogP contribution in [0.2, 0.25) is 0 Å². The summed E-state index contributed by atoms with van der Waals surface area (Å²) >= 11 is 1.39. The van der Waals surface area contributed by atoms with Gasteiger partial charge < -0.3 is 10.4 Å². The van der Waals surface area contributed by atoms with Crippen molar-refractivity contribution in [3.63, 3.8) is 0 Å². The van der Waals surface area contributed by atoms with Gasteiger partial charge in [0.1, 0.15) is 4.88 Å². The van der Waals surface area contributed by atoms with E-state index in [0.717, 1.165) is 48.1 Å².